The molecule has 0 bridgehead atoms. The number of alkyl halides is 3. The summed E-state index contributed by atoms with van der Waals surface area (Å²) in [6.07, 6.45) is -4.06. The largest absolute Gasteiger partial charge is 0.573 e. The number of nitrogens with one attached hydrogen (secondary N) is 2. The topological polar surface area (TPSA) is 54.9 Å². The van der Waals surface area contributed by atoms with E-state index in [0.717, 1.165) is 12.1 Å². The molecule has 0 radical (unpaired) electrons. The van der Waals surface area contributed by atoms with Gasteiger partial charge in [-0.2, -0.15) is 0 Å². The van der Waals surface area contributed by atoms with Gasteiger partial charge in [0.15, 0.2) is 5.96 Å². The minimum absolute atomic E-state index is 0.117. The highest BCUT2D eigenvalue weighted by atomic mass is 19.4. The van der Waals surface area contributed by atoms with Crippen molar-refractivity contribution in [1.82, 2.24) is 10.6 Å². The fourth-order valence-electron chi connectivity index (χ4n) is 2.00. The van der Waals surface area contributed by atoms with Gasteiger partial charge < -0.3 is 20.1 Å². The molecule has 24 heavy (non-hydrogen) atoms. The van der Waals surface area contributed by atoms with Crippen molar-refractivity contribution in [2.45, 2.75) is 32.7 Å². The summed E-state index contributed by atoms with van der Waals surface area (Å²) >= 11 is 0. The Morgan fingerprint density at radius 3 is 2.46 bits per heavy atom. The SMILES string of the molecule is CCNC(=NCCc1ccc(OC(F)(F)F)cc1)NC(C)COC. The first-order valence-corrected chi connectivity index (χ1v) is 7.72. The van der Waals surface area contributed by atoms with Crippen LogP contribution < -0.4 is 15.4 Å². The van der Waals surface area contributed by atoms with Crippen LogP contribution in [-0.4, -0.2) is 45.2 Å². The molecule has 2 N–H and O–H groups in total. The van der Waals surface area contributed by atoms with Gasteiger partial charge in [-0.1, -0.05) is 12.1 Å². The van der Waals surface area contributed by atoms with E-state index in [2.05, 4.69) is 20.4 Å². The monoisotopic (exact) mass is 347 g/mol. The molecule has 0 saturated carbocycles. The molecule has 1 rings (SSSR count). The van der Waals surface area contributed by atoms with E-state index >= 15 is 0 Å². The van der Waals surface area contributed by atoms with Crippen LogP contribution in [0.25, 0.3) is 0 Å². The second-order valence-electron chi connectivity index (χ2n) is 5.20. The Morgan fingerprint density at radius 1 is 1.25 bits per heavy atom. The van der Waals surface area contributed by atoms with Gasteiger partial charge in [0.25, 0.3) is 0 Å². The third-order valence-electron chi connectivity index (χ3n) is 2.97. The van der Waals surface area contributed by atoms with Crippen molar-refractivity contribution in [2.75, 3.05) is 26.8 Å². The van der Waals surface area contributed by atoms with Gasteiger partial charge >= 0.3 is 6.36 Å². The van der Waals surface area contributed by atoms with Crippen LogP contribution in [0.5, 0.6) is 5.75 Å². The first-order valence-electron chi connectivity index (χ1n) is 7.72. The molecule has 0 spiro atoms. The molecule has 136 valence electrons. The number of hydrogen-bond acceptors (Lipinski definition) is 3. The highest BCUT2D eigenvalue weighted by Gasteiger charge is 2.30. The maximum atomic E-state index is 12.1. The summed E-state index contributed by atoms with van der Waals surface area (Å²) in [5, 5.41) is 6.34. The molecule has 0 aliphatic carbocycles. The number of guanidine groups is 1. The first kappa shape index (κ1) is 20.1. The van der Waals surface area contributed by atoms with Gasteiger partial charge in [-0.05, 0) is 38.0 Å². The molecule has 0 amide bonds. The van der Waals surface area contributed by atoms with Crippen molar-refractivity contribution >= 4 is 5.96 Å². The summed E-state index contributed by atoms with van der Waals surface area (Å²) in [5.41, 5.74) is 0.883. The highest BCUT2D eigenvalue weighted by Crippen LogP contribution is 2.22. The predicted octanol–water partition coefficient (Wildman–Crippen LogP) is 2.72. The number of halogens is 3. The molecule has 5 nitrogen and oxygen atoms in total. The number of rotatable bonds is 8. The Labute approximate surface area is 140 Å². The van der Waals surface area contributed by atoms with E-state index < -0.39 is 6.36 Å². The van der Waals surface area contributed by atoms with E-state index in [0.29, 0.717) is 25.5 Å². The summed E-state index contributed by atoms with van der Waals surface area (Å²) in [7, 11) is 1.63. The quantitative estimate of drug-likeness (QED) is 0.561. The zero-order valence-electron chi connectivity index (χ0n) is 14.1. The van der Waals surface area contributed by atoms with Crippen LogP contribution in [0.15, 0.2) is 29.3 Å². The lowest BCUT2D eigenvalue weighted by molar-refractivity contribution is -0.274. The minimum Gasteiger partial charge on any atom is -0.406 e. The molecule has 1 aromatic carbocycles. The highest BCUT2D eigenvalue weighted by molar-refractivity contribution is 5.80. The molecule has 8 heteroatoms. The van der Waals surface area contributed by atoms with Crippen LogP contribution in [0.4, 0.5) is 13.2 Å². The standard InChI is InChI=1S/C16H24F3N3O2/c1-4-20-15(22-12(2)11-23-3)21-10-9-13-5-7-14(8-6-13)24-16(17,18)19/h5-8,12H,4,9-11H2,1-3H3,(H2,20,21,22). The van der Waals surface area contributed by atoms with Gasteiger partial charge in [0, 0.05) is 26.2 Å². The average molecular weight is 347 g/mol. The average Bonchev–Trinajstić information content (AvgIpc) is 2.48. The number of nitrogens with zero attached hydrogens (tertiary/aromatic N) is 1. The smallest absolute Gasteiger partial charge is 0.406 e. The van der Waals surface area contributed by atoms with Gasteiger partial charge in [-0.15, -0.1) is 13.2 Å². The van der Waals surface area contributed by atoms with E-state index in [1.54, 1.807) is 19.2 Å². The Hall–Kier alpha value is -1.96. The van der Waals surface area contributed by atoms with E-state index in [9.17, 15) is 13.2 Å². The second-order valence-corrected chi connectivity index (χ2v) is 5.20. The Morgan fingerprint density at radius 2 is 1.92 bits per heavy atom. The molecule has 0 aromatic heterocycles. The Kier molecular flexibility index (Phi) is 8.39. The normalized spacial score (nSPS) is 13.5. The number of benzene rings is 1. The van der Waals surface area contributed by atoms with Crippen LogP contribution in [0.2, 0.25) is 0 Å². The summed E-state index contributed by atoms with van der Waals surface area (Å²) in [6.45, 7) is 5.75. The number of methoxy groups -OCH3 is 1. The third-order valence-corrected chi connectivity index (χ3v) is 2.97. The maximum Gasteiger partial charge on any atom is 0.573 e. The van der Waals surface area contributed by atoms with Crippen LogP contribution in [0.3, 0.4) is 0 Å². The van der Waals surface area contributed by atoms with E-state index in [-0.39, 0.29) is 11.8 Å². The van der Waals surface area contributed by atoms with Gasteiger partial charge in [0.2, 0.25) is 0 Å². The molecule has 0 fully saturated rings. The molecular weight excluding hydrogens is 323 g/mol. The lowest BCUT2D eigenvalue weighted by Crippen LogP contribution is -2.44. The van der Waals surface area contributed by atoms with Gasteiger partial charge in [-0.25, -0.2) is 0 Å². The van der Waals surface area contributed by atoms with Crippen molar-refractivity contribution < 1.29 is 22.6 Å². The van der Waals surface area contributed by atoms with E-state index in [4.69, 9.17) is 4.74 Å². The summed E-state index contributed by atoms with van der Waals surface area (Å²) in [6, 6.07) is 5.93. The van der Waals surface area contributed by atoms with Crippen LogP contribution in [0, 0.1) is 0 Å². The molecule has 1 atom stereocenters. The van der Waals surface area contributed by atoms with Crippen molar-refractivity contribution in [1.29, 1.82) is 0 Å². The van der Waals surface area contributed by atoms with Gasteiger partial charge in [0.05, 0.1) is 6.61 Å². The molecule has 0 heterocycles. The van der Waals surface area contributed by atoms with Crippen molar-refractivity contribution in [2.24, 2.45) is 4.99 Å². The first-order chi connectivity index (χ1) is 11.3. The third kappa shape index (κ3) is 8.61. The summed E-state index contributed by atoms with van der Waals surface area (Å²) in [5.74, 6) is 0.456. The second kappa shape index (κ2) is 10.0. The molecule has 0 aliphatic heterocycles. The Bertz CT molecular complexity index is 504. The van der Waals surface area contributed by atoms with E-state index in [1.165, 1.54) is 12.1 Å². The van der Waals surface area contributed by atoms with Gasteiger partial charge in [0.1, 0.15) is 5.75 Å². The van der Waals surface area contributed by atoms with Crippen molar-refractivity contribution in [3.63, 3.8) is 0 Å². The maximum absolute atomic E-state index is 12.1. The van der Waals surface area contributed by atoms with Crippen LogP contribution in [-0.2, 0) is 11.2 Å². The summed E-state index contributed by atoms with van der Waals surface area (Å²) in [4.78, 5) is 4.44. The lowest BCUT2D eigenvalue weighted by Gasteiger charge is -2.17. The van der Waals surface area contributed by atoms with Crippen LogP contribution in [0.1, 0.15) is 19.4 Å². The zero-order valence-corrected chi connectivity index (χ0v) is 14.1. The minimum atomic E-state index is -4.67. The predicted molar refractivity (Wildman–Crippen MR) is 87.3 cm³/mol. The van der Waals surface area contributed by atoms with Crippen LogP contribution >= 0.6 is 0 Å². The fraction of sp³-hybridized carbons (Fsp3) is 0.562. The molecule has 0 aliphatic rings. The number of hydrogen-bond donors (Lipinski definition) is 2. The van der Waals surface area contributed by atoms with Gasteiger partial charge in [-0.3, -0.25) is 4.99 Å². The molecular formula is C16H24F3N3O2. The fourth-order valence-corrected chi connectivity index (χ4v) is 2.00. The Balaban J connectivity index is 2.53. The summed E-state index contributed by atoms with van der Waals surface area (Å²) < 4.78 is 45.2. The number of aliphatic imine (C=N–C) groups is 1. The molecule has 1 unspecified atom stereocenters. The van der Waals surface area contributed by atoms with E-state index in [1.807, 2.05) is 13.8 Å². The zero-order chi connectivity index (χ0) is 18.0. The van der Waals surface area contributed by atoms with Crippen molar-refractivity contribution in [3.8, 4) is 5.75 Å². The lowest BCUT2D eigenvalue weighted by atomic mass is 10.1. The van der Waals surface area contributed by atoms with Crippen molar-refractivity contribution in [3.05, 3.63) is 29.8 Å². The molecule has 0 saturated heterocycles. The molecule has 1 aromatic rings. The number of ether oxygens (including phenoxy) is 2.